The summed E-state index contributed by atoms with van der Waals surface area (Å²) in [6.07, 6.45) is 3.96. The van der Waals surface area contributed by atoms with Gasteiger partial charge >= 0.3 is 6.03 Å². The van der Waals surface area contributed by atoms with E-state index in [-0.39, 0.29) is 18.9 Å². The van der Waals surface area contributed by atoms with E-state index in [2.05, 4.69) is 15.6 Å². The molecule has 1 saturated heterocycles. The molecule has 1 aromatic heterocycles. The Kier molecular flexibility index (Phi) is 6.21. The fourth-order valence-electron chi connectivity index (χ4n) is 3.02. The zero-order valence-electron chi connectivity index (χ0n) is 15.6. The van der Waals surface area contributed by atoms with Crippen LogP contribution in [0.25, 0.3) is 0 Å². The van der Waals surface area contributed by atoms with Crippen molar-refractivity contribution in [3.8, 4) is 5.75 Å². The number of nitrogens with zero attached hydrogens (tertiary/aromatic N) is 2. The summed E-state index contributed by atoms with van der Waals surface area (Å²) in [6, 6.07) is 9.57. The third-order valence-corrected chi connectivity index (χ3v) is 4.50. The van der Waals surface area contributed by atoms with E-state index in [0.717, 1.165) is 16.0 Å². The molecule has 4 amide bonds. The molecule has 3 rings (SSSR count). The number of urea groups is 1. The Hall–Kier alpha value is -3.42. The van der Waals surface area contributed by atoms with E-state index in [1.165, 1.54) is 7.11 Å². The fourth-order valence-corrected chi connectivity index (χ4v) is 3.02. The minimum atomic E-state index is -0.858. The van der Waals surface area contributed by atoms with Gasteiger partial charge in [0.2, 0.25) is 5.91 Å². The van der Waals surface area contributed by atoms with Gasteiger partial charge in [-0.05, 0) is 30.2 Å². The third kappa shape index (κ3) is 4.64. The molecule has 1 aromatic carbocycles. The van der Waals surface area contributed by atoms with Crippen LogP contribution in [0.4, 0.5) is 4.79 Å². The average Bonchev–Trinajstić information content (AvgIpc) is 2.96. The summed E-state index contributed by atoms with van der Waals surface area (Å²) < 4.78 is 5.26. The van der Waals surface area contributed by atoms with Crippen LogP contribution in [-0.2, 0) is 22.6 Å². The number of nitrogens with one attached hydrogen (secondary N) is 2. The molecule has 1 fully saturated rings. The Balaban J connectivity index is 1.52. The maximum atomic E-state index is 12.6. The Labute approximate surface area is 162 Å². The van der Waals surface area contributed by atoms with Gasteiger partial charge in [-0.2, -0.15) is 0 Å². The molecule has 0 spiro atoms. The van der Waals surface area contributed by atoms with Gasteiger partial charge in [-0.1, -0.05) is 18.2 Å². The highest BCUT2D eigenvalue weighted by molar-refractivity contribution is 6.05. The summed E-state index contributed by atoms with van der Waals surface area (Å²) in [5.41, 5.74) is 1.78. The Morgan fingerprint density at radius 1 is 1.21 bits per heavy atom. The highest BCUT2D eigenvalue weighted by Crippen LogP contribution is 2.21. The number of ether oxygens (including phenoxy) is 1. The van der Waals surface area contributed by atoms with Crippen LogP contribution in [0.1, 0.15) is 17.5 Å². The number of para-hydroxylation sites is 1. The molecule has 0 aliphatic carbocycles. The minimum absolute atomic E-state index is 0.0921. The quantitative estimate of drug-likeness (QED) is 0.670. The Morgan fingerprint density at radius 3 is 2.71 bits per heavy atom. The van der Waals surface area contributed by atoms with Gasteiger partial charge in [0, 0.05) is 24.5 Å². The van der Waals surface area contributed by atoms with E-state index in [1.807, 2.05) is 24.3 Å². The monoisotopic (exact) mass is 382 g/mol. The van der Waals surface area contributed by atoms with Gasteiger partial charge in [-0.3, -0.25) is 19.5 Å². The number of hydrogen-bond acceptors (Lipinski definition) is 5. The van der Waals surface area contributed by atoms with Crippen molar-refractivity contribution in [2.24, 2.45) is 0 Å². The van der Waals surface area contributed by atoms with Gasteiger partial charge in [-0.25, -0.2) is 4.79 Å². The van der Waals surface area contributed by atoms with Crippen LogP contribution in [0, 0.1) is 0 Å². The maximum Gasteiger partial charge on any atom is 0.325 e. The molecular weight excluding hydrogens is 360 g/mol. The average molecular weight is 382 g/mol. The molecule has 2 aromatic rings. The van der Waals surface area contributed by atoms with E-state index in [4.69, 9.17) is 4.74 Å². The zero-order valence-corrected chi connectivity index (χ0v) is 15.6. The van der Waals surface area contributed by atoms with Crippen molar-refractivity contribution in [2.45, 2.75) is 25.4 Å². The topological polar surface area (TPSA) is 101 Å². The summed E-state index contributed by atoms with van der Waals surface area (Å²) >= 11 is 0. The van der Waals surface area contributed by atoms with Crippen LogP contribution in [0.5, 0.6) is 5.75 Å². The highest BCUT2D eigenvalue weighted by Gasteiger charge is 2.39. The molecule has 2 N–H and O–H groups in total. The lowest BCUT2D eigenvalue weighted by Crippen LogP contribution is -2.37. The zero-order chi connectivity index (χ0) is 19.9. The predicted molar refractivity (Wildman–Crippen MR) is 101 cm³/mol. The second kappa shape index (κ2) is 8.98. The number of pyridine rings is 1. The van der Waals surface area contributed by atoms with Gasteiger partial charge in [0.25, 0.3) is 5.91 Å². The summed E-state index contributed by atoms with van der Waals surface area (Å²) in [5.74, 6) is -0.104. The summed E-state index contributed by atoms with van der Waals surface area (Å²) in [5, 5.41) is 5.35. The molecule has 8 heteroatoms. The smallest absolute Gasteiger partial charge is 0.325 e. The number of aromatic nitrogens is 1. The summed E-state index contributed by atoms with van der Waals surface area (Å²) in [4.78, 5) is 41.9. The normalized spacial score (nSPS) is 16.0. The van der Waals surface area contributed by atoms with Gasteiger partial charge in [0.05, 0.1) is 20.1 Å². The van der Waals surface area contributed by atoms with Crippen molar-refractivity contribution >= 4 is 17.8 Å². The molecule has 0 saturated carbocycles. The number of carbonyl (C=O) groups excluding carboxylic acids is 3. The fraction of sp³-hybridized carbons (Fsp3) is 0.300. The third-order valence-electron chi connectivity index (χ3n) is 4.50. The van der Waals surface area contributed by atoms with Crippen LogP contribution >= 0.6 is 0 Å². The van der Waals surface area contributed by atoms with Crippen molar-refractivity contribution in [1.82, 2.24) is 20.5 Å². The molecule has 8 nitrogen and oxygen atoms in total. The van der Waals surface area contributed by atoms with Gasteiger partial charge in [-0.15, -0.1) is 0 Å². The second-order valence-electron chi connectivity index (χ2n) is 6.40. The van der Waals surface area contributed by atoms with Gasteiger partial charge in [0.15, 0.2) is 0 Å². The summed E-state index contributed by atoms with van der Waals surface area (Å²) in [6.45, 7) is 0.539. The molecular formula is C20H22N4O4. The van der Waals surface area contributed by atoms with E-state index in [0.29, 0.717) is 18.7 Å². The first-order chi connectivity index (χ1) is 13.6. The summed E-state index contributed by atoms with van der Waals surface area (Å²) in [7, 11) is 1.53. The lowest BCUT2D eigenvalue weighted by Gasteiger charge is -2.15. The van der Waals surface area contributed by atoms with Crippen LogP contribution in [0.15, 0.2) is 48.8 Å². The largest absolute Gasteiger partial charge is 0.496 e. The number of hydrogen-bond donors (Lipinski definition) is 2. The lowest BCUT2D eigenvalue weighted by molar-refractivity contribution is -0.131. The number of rotatable bonds is 8. The second-order valence-corrected chi connectivity index (χ2v) is 6.40. The molecule has 0 radical (unpaired) electrons. The minimum Gasteiger partial charge on any atom is -0.496 e. The van der Waals surface area contributed by atoms with E-state index >= 15 is 0 Å². The van der Waals surface area contributed by atoms with Crippen molar-refractivity contribution in [3.05, 3.63) is 59.9 Å². The standard InChI is InChI=1S/C20H22N4O4/c1-28-17-5-3-2-4-15(17)13-24-19(26)16(23-20(24)27)12-18(25)22-11-8-14-6-9-21-10-7-14/h2-7,9-10,16H,8,11-13H2,1H3,(H,22,25)(H,23,27)/t16-/m1/s1. The SMILES string of the molecule is COc1ccccc1CN1C(=O)N[C@H](CC(=O)NCCc2ccncc2)C1=O. The van der Waals surface area contributed by atoms with E-state index in [1.54, 1.807) is 24.5 Å². The Bertz CT molecular complexity index is 856. The van der Waals surface area contributed by atoms with Crippen LogP contribution < -0.4 is 15.4 Å². The molecule has 0 unspecified atom stereocenters. The van der Waals surface area contributed by atoms with Crippen LogP contribution in [-0.4, -0.2) is 47.4 Å². The lowest BCUT2D eigenvalue weighted by atomic mass is 10.1. The van der Waals surface area contributed by atoms with Crippen molar-refractivity contribution in [2.75, 3.05) is 13.7 Å². The highest BCUT2D eigenvalue weighted by atomic mass is 16.5. The first kappa shape index (κ1) is 19.3. The number of benzene rings is 1. The van der Waals surface area contributed by atoms with Crippen LogP contribution in [0.3, 0.4) is 0 Å². The maximum absolute atomic E-state index is 12.6. The number of carbonyl (C=O) groups is 3. The van der Waals surface area contributed by atoms with E-state index in [9.17, 15) is 14.4 Å². The van der Waals surface area contributed by atoms with Crippen molar-refractivity contribution in [3.63, 3.8) is 0 Å². The Morgan fingerprint density at radius 2 is 1.96 bits per heavy atom. The van der Waals surface area contributed by atoms with Gasteiger partial charge in [0.1, 0.15) is 11.8 Å². The number of amides is 4. The predicted octanol–water partition coefficient (Wildman–Crippen LogP) is 1.26. The number of methoxy groups -OCH3 is 1. The molecule has 1 aliphatic rings. The molecule has 1 atom stereocenters. The molecule has 2 heterocycles. The first-order valence-corrected chi connectivity index (χ1v) is 8.98. The van der Waals surface area contributed by atoms with Gasteiger partial charge < -0.3 is 15.4 Å². The van der Waals surface area contributed by atoms with E-state index < -0.39 is 18.0 Å². The first-order valence-electron chi connectivity index (χ1n) is 8.98. The molecule has 28 heavy (non-hydrogen) atoms. The van der Waals surface area contributed by atoms with Crippen molar-refractivity contribution < 1.29 is 19.1 Å². The molecule has 146 valence electrons. The van der Waals surface area contributed by atoms with Crippen molar-refractivity contribution in [1.29, 1.82) is 0 Å². The number of imide groups is 1. The van der Waals surface area contributed by atoms with Crippen LogP contribution in [0.2, 0.25) is 0 Å². The molecule has 1 aliphatic heterocycles. The molecule has 0 bridgehead atoms.